The van der Waals surface area contributed by atoms with E-state index in [0.717, 1.165) is 45.6 Å². The maximum atomic E-state index is 13.2. The van der Waals surface area contributed by atoms with Crippen LogP contribution in [-0.2, 0) is 17.9 Å². The van der Waals surface area contributed by atoms with Crippen LogP contribution in [0.15, 0.2) is 42.5 Å². The highest BCUT2D eigenvalue weighted by molar-refractivity contribution is 6.08. The van der Waals surface area contributed by atoms with Gasteiger partial charge in [0.05, 0.1) is 19.0 Å². The minimum absolute atomic E-state index is 0.215. The van der Waals surface area contributed by atoms with Crippen molar-refractivity contribution in [3.63, 3.8) is 0 Å². The fraction of sp³-hybridized carbons (Fsp3) is 0.519. The number of piperidine rings is 1. The fourth-order valence-electron chi connectivity index (χ4n) is 5.91. The molecule has 2 atom stereocenters. The summed E-state index contributed by atoms with van der Waals surface area (Å²) in [6, 6.07) is 15.8. The van der Waals surface area contributed by atoms with Gasteiger partial charge < -0.3 is 14.4 Å². The molecule has 1 N–H and O–H groups in total. The Kier molecular flexibility index (Phi) is 5.99. The molecular formula is C27H36N3O+. The lowest BCUT2D eigenvalue weighted by atomic mass is 9.95. The number of aromatic nitrogens is 1. The smallest absolute Gasteiger partial charge is 0.231 e. The van der Waals surface area contributed by atoms with Crippen molar-refractivity contribution in [2.75, 3.05) is 26.2 Å². The molecule has 1 unspecified atom stereocenters. The van der Waals surface area contributed by atoms with E-state index in [4.69, 9.17) is 0 Å². The second-order valence-corrected chi connectivity index (χ2v) is 9.57. The van der Waals surface area contributed by atoms with Crippen LogP contribution in [0.1, 0.15) is 51.0 Å². The summed E-state index contributed by atoms with van der Waals surface area (Å²) in [5.41, 5.74) is 4.05. The minimum Gasteiger partial charge on any atom is -0.342 e. The highest BCUT2D eigenvalue weighted by Crippen LogP contribution is 2.29. The van der Waals surface area contributed by atoms with Crippen molar-refractivity contribution in [3.8, 4) is 0 Å². The van der Waals surface area contributed by atoms with Gasteiger partial charge in [-0.1, -0.05) is 37.1 Å². The van der Waals surface area contributed by atoms with Crippen molar-refractivity contribution in [1.82, 2.24) is 9.47 Å². The maximum Gasteiger partial charge on any atom is 0.231 e. The third-order valence-corrected chi connectivity index (χ3v) is 7.49. The van der Waals surface area contributed by atoms with Gasteiger partial charge in [-0.05, 0) is 50.8 Å². The minimum atomic E-state index is 0.215. The SMILES string of the molecule is CCn1c2ccccc2c2cc(C[NH+]3CCC[C@@H](C(=O)N4CCCCCC4)C3)ccc21. The van der Waals surface area contributed by atoms with Gasteiger partial charge >= 0.3 is 0 Å². The number of hydrogen-bond acceptors (Lipinski definition) is 1. The third-order valence-electron chi connectivity index (χ3n) is 7.49. The summed E-state index contributed by atoms with van der Waals surface area (Å²) in [6.07, 6.45) is 7.16. The maximum absolute atomic E-state index is 13.2. The van der Waals surface area contributed by atoms with Gasteiger partial charge in [0, 0.05) is 47.0 Å². The lowest BCUT2D eigenvalue weighted by molar-refractivity contribution is -0.921. The fourth-order valence-corrected chi connectivity index (χ4v) is 5.91. The van der Waals surface area contributed by atoms with E-state index in [-0.39, 0.29) is 5.92 Å². The summed E-state index contributed by atoms with van der Waals surface area (Å²) in [7, 11) is 0. The van der Waals surface area contributed by atoms with Gasteiger partial charge in [0.15, 0.2) is 0 Å². The van der Waals surface area contributed by atoms with Gasteiger partial charge in [-0.25, -0.2) is 0 Å². The molecule has 0 spiro atoms. The average Bonchev–Trinajstić information content (AvgIpc) is 2.94. The number of benzene rings is 2. The molecule has 2 saturated heterocycles. The molecule has 4 heteroatoms. The van der Waals surface area contributed by atoms with Crippen molar-refractivity contribution >= 4 is 27.7 Å². The average molecular weight is 419 g/mol. The van der Waals surface area contributed by atoms with Crippen LogP contribution in [-0.4, -0.2) is 41.6 Å². The summed E-state index contributed by atoms with van der Waals surface area (Å²) in [5.74, 6) is 0.646. The predicted molar refractivity (Wildman–Crippen MR) is 127 cm³/mol. The molecule has 2 aromatic carbocycles. The van der Waals surface area contributed by atoms with E-state index in [1.807, 2.05) is 0 Å². The molecule has 1 amide bonds. The van der Waals surface area contributed by atoms with E-state index in [9.17, 15) is 4.79 Å². The summed E-state index contributed by atoms with van der Waals surface area (Å²) in [4.78, 5) is 16.9. The first-order valence-corrected chi connectivity index (χ1v) is 12.4. The molecule has 3 aromatic rings. The molecule has 0 saturated carbocycles. The number of aryl methyl sites for hydroxylation is 1. The molecule has 1 aromatic heterocycles. The zero-order valence-electron chi connectivity index (χ0n) is 18.9. The molecule has 5 rings (SSSR count). The highest BCUT2D eigenvalue weighted by Gasteiger charge is 2.32. The zero-order valence-corrected chi connectivity index (χ0v) is 18.9. The number of amides is 1. The number of carbonyl (C=O) groups excluding carboxylic acids is 1. The second kappa shape index (κ2) is 9.04. The Morgan fingerprint density at radius 2 is 1.74 bits per heavy atom. The molecule has 31 heavy (non-hydrogen) atoms. The largest absolute Gasteiger partial charge is 0.342 e. The number of fused-ring (bicyclic) bond motifs is 3. The number of hydrogen-bond donors (Lipinski definition) is 1. The van der Waals surface area contributed by atoms with Gasteiger partial charge in [-0.15, -0.1) is 0 Å². The normalized spacial score (nSPS) is 22.7. The standard InChI is InChI=1S/C27H35N3O/c1-2-30-25-12-6-5-11-23(25)24-18-21(13-14-26(24)30)19-28-15-9-10-22(20-28)27(31)29-16-7-3-4-8-17-29/h5-6,11-14,18,22H,2-4,7-10,15-17,19-20H2,1H3/p+1/t22-/m1/s1. The number of nitrogens with one attached hydrogen (secondary N) is 1. The van der Waals surface area contributed by atoms with Crippen LogP contribution in [0.2, 0.25) is 0 Å². The van der Waals surface area contributed by atoms with Crippen LogP contribution in [0.5, 0.6) is 0 Å². The van der Waals surface area contributed by atoms with E-state index >= 15 is 0 Å². The Bertz CT molecular complexity index is 1060. The van der Waals surface area contributed by atoms with Crippen LogP contribution in [0.25, 0.3) is 21.8 Å². The van der Waals surface area contributed by atoms with Crippen molar-refractivity contribution in [2.24, 2.45) is 5.92 Å². The Labute approximate surface area is 185 Å². The van der Waals surface area contributed by atoms with Crippen molar-refractivity contribution in [3.05, 3.63) is 48.0 Å². The Balaban J connectivity index is 1.33. The Morgan fingerprint density at radius 1 is 0.968 bits per heavy atom. The van der Waals surface area contributed by atoms with Crippen LogP contribution in [0.4, 0.5) is 0 Å². The Morgan fingerprint density at radius 3 is 2.55 bits per heavy atom. The van der Waals surface area contributed by atoms with Gasteiger partial charge in [0.1, 0.15) is 6.54 Å². The van der Waals surface area contributed by atoms with Gasteiger partial charge in [-0.3, -0.25) is 4.79 Å². The van der Waals surface area contributed by atoms with Gasteiger partial charge in [0.2, 0.25) is 5.91 Å². The number of nitrogens with zero attached hydrogens (tertiary/aromatic N) is 2. The number of rotatable bonds is 4. The van der Waals surface area contributed by atoms with Crippen LogP contribution < -0.4 is 4.90 Å². The van der Waals surface area contributed by atoms with Crippen LogP contribution >= 0.6 is 0 Å². The highest BCUT2D eigenvalue weighted by atomic mass is 16.2. The first-order valence-electron chi connectivity index (χ1n) is 12.4. The lowest BCUT2D eigenvalue weighted by Gasteiger charge is -2.32. The zero-order chi connectivity index (χ0) is 21.2. The van der Waals surface area contributed by atoms with Gasteiger partial charge in [0.25, 0.3) is 0 Å². The Hall–Kier alpha value is -2.33. The number of carbonyl (C=O) groups is 1. The molecule has 0 aliphatic carbocycles. The first kappa shape index (κ1) is 20.6. The van der Waals surface area contributed by atoms with Gasteiger partial charge in [-0.2, -0.15) is 0 Å². The van der Waals surface area contributed by atoms with E-state index in [1.54, 1.807) is 4.90 Å². The molecule has 3 heterocycles. The topological polar surface area (TPSA) is 29.7 Å². The summed E-state index contributed by atoms with van der Waals surface area (Å²) >= 11 is 0. The molecular weight excluding hydrogens is 382 g/mol. The second-order valence-electron chi connectivity index (χ2n) is 9.57. The van der Waals surface area contributed by atoms with Crippen molar-refractivity contribution in [2.45, 2.75) is 58.5 Å². The van der Waals surface area contributed by atoms with Crippen LogP contribution in [0, 0.1) is 5.92 Å². The predicted octanol–water partition coefficient (Wildman–Crippen LogP) is 4.01. The quantitative estimate of drug-likeness (QED) is 0.682. The molecule has 2 aliphatic rings. The van der Waals surface area contributed by atoms with E-state index < -0.39 is 0 Å². The molecule has 0 bridgehead atoms. The summed E-state index contributed by atoms with van der Waals surface area (Å²) in [6.45, 7) is 8.35. The summed E-state index contributed by atoms with van der Waals surface area (Å²) < 4.78 is 2.41. The molecule has 4 nitrogen and oxygen atoms in total. The van der Waals surface area contributed by atoms with E-state index in [1.165, 1.54) is 59.6 Å². The first-order chi connectivity index (χ1) is 15.2. The van der Waals surface area contributed by atoms with Crippen molar-refractivity contribution < 1.29 is 9.69 Å². The lowest BCUT2D eigenvalue weighted by Crippen LogP contribution is -3.12. The van der Waals surface area contributed by atoms with E-state index in [0.29, 0.717) is 5.91 Å². The third kappa shape index (κ3) is 4.10. The molecule has 0 radical (unpaired) electrons. The summed E-state index contributed by atoms with van der Waals surface area (Å²) in [5, 5.41) is 2.72. The molecule has 2 aliphatic heterocycles. The monoisotopic (exact) mass is 418 g/mol. The molecule has 164 valence electrons. The number of para-hydroxylation sites is 1. The number of likely N-dealkylation sites (tertiary alicyclic amines) is 2. The molecule has 2 fully saturated rings. The van der Waals surface area contributed by atoms with Crippen molar-refractivity contribution in [1.29, 1.82) is 0 Å². The van der Waals surface area contributed by atoms with E-state index in [2.05, 4.69) is 58.9 Å². The van der Waals surface area contributed by atoms with Crippen LogP contribution in [0.3, 0.4) is 0 Å². The number of quaternary nitrogens is 1.